The van der Waals surface area contributed by atoms with Crippen LogP contribution in [0, 0.1) is 0 Å². The van der Waals surface area contributed by atoms with Crippen molar-refractivity contribution < 1.29 is 4.79 Å². The number of hydrogen-bond donors (Lipinski definition) is 1. The number of aromatic nitrogens is 4. The van der Waals surface area contributed by atoms with Crippen molar-refractivity contribution in [2.75, 3.05) is 5.32 Å². The predicted octanol–water partition coefficient (Wildman–Crippen LogP) is 3.88. The molecule has 2 aromatic heterocycles. The molecule has 24 heavy (non-hydrogen) atoms. The Morgan fingerprint density at radius 2 is 1.96 bits per heavy atom. The Labute approximate surface area is 152 Å². The first-order valence-corrected chi connectivity index (χ1v) is 8.02. The van der Waals surface area contributed by atoms with E-state index in [-0.39, 0.29) is 10.7 Å². The van der Waals surface area contributed by atoms with Gasteiger partial charge >= 0.3 is 0 Å². The first kappa shape index (κ1) is 16.8. The highest BCUT2D eigenvalue weighted by atomic mass is 35.5. The number of nitrogens with one attached hydrogen (secondary N) is 1. The molecule has 3 aromatic rings. The van der Waals surface area contributed by atoms with E-state index < -0.39 is 5.91 Å². The van der Waals surface area contributed by atoms with Crippen LogP contribution in [0.3, 0.4) is 0 Å². The molecule has 3 rings (SSSR count). The first-order valence-electron chi connectivity index (χ1n) is 6.89. The van der Waals surface area contributed by atoms with Gasteiger partial charge in [-0.2, -0.15) is 10.2 Å². The maximum atomic E-state index is 12.2. The van der Waals surface area contributed by atoms with Crippen LogP contribution in [0.4, 0.5) is 5.69 Å². The summed E-state index contributed by atoms with van der Waals surface area (Å²) in [4.78, 5) is 12.2. The number of halogens is 3. The smallest absolute Gasteiger partial charge is 0.277 e. The number of nitrogens with zero attached hydrogens (tertiary/aromatic N) is 4. The molecule has 124 valence electrons. The third-order valence-corrected chi connectivity index (χ3v) is 4.23. The number of amides is 1. The van der Waals surface area contributed by atoms with Crippen LogP contribution in [0.25, 0.3) is 0 Å². The molecule has 0 atom stereocenters. The number of benzene rings is 1. The Morgan fingerprint density at radius 1 is 1.17 bits per heavy atom. The van der Waals surface area contributed by atoms with Crippen LogP contribution in [0.2, 0.25) is 15.1 Å². The monoisotopic (exact) mass is 383 g/mol. The Balaban J connectivity index is 1.70. The average Bonchev–Trinajstić information content (AvgIpc) is 3.09. The Kier molecular flexibility index (Phi) is 4.80. The van der Waals surface area contributed by atoms with Gasteiger partial charge in [-0.3, -0.25) is 14.2 Å². The molecule has 1 aromatic carbocycles. The van der Waals surface area contributed by atoms with Crippen molar-refractivity contribution in [3.8, 4) is 0 Å². The molecule has 0 aliphatic rings. The zero-order valence-corrected chi connectivity index (χ0v) is 14.8. The highest BCUT2D eigenvalue weighted by molar-refractivity contribution is 6.42. The maximum absolute atomic E-state index is 12.2. The number of anilines is 1. The van der Waals surface area contributed by atoms with Gasteiger partial charge in [-0.15, -0.1) is 0 Å². The van der Waals surface area contributed by atoms with E-state index >= 15 is 0 Å². The van der Waals surface area contributed by atoms with Gasteiger partial charge in [-0.1, -0.05) is 40.9 Å². The molecule has 0 unspecified atom stereocenters. The van der Waals surface area contributed by atoms with Gasteiger partial charge < -0.3 is 5.32 Å². The number of carbonyl (C=O) groups excluding carboxylic acids is 1. The molecular weight excluding hydrogens is 373 g/mol. The molecule has 0 radical (unpaired) electrons. The van der Waals surface area contributed by atoms with E-state index in [1.165, 1.54) is 4.68 Å². The number of aryl methyl sites for hydroxylation is 1. The molecule has 2 heterocycles. The van der Waals surface area contributed by atoms with Crippen LogP contribution < -0.4 is 5.32 Å². The molecule has 0 bridgehead atoms. The van der Waals surface area contributed by atoms with Gasteiger partial charge in [0.15, 0.2) is 5.69 Å². The molecule has 6 nitrogen and oxygen atoms in total. The summed E-state index contributed by atoms with van der Waals surface area (Å²) in [5, 5.41) is 12.2. The van der Waals surface area contributed by atoms with Crippen molar-refractivity contribution >= 4 is 46.4 Å². The number of hydrogen-bond acceptors (Lipinski definition) is 3. The van der Waals surface area contributed by atoms with Crippen LogP contribution >= 0.6 is 34.8 Å². The quantitative estimate of drug-likeness (QED) is 0.742. The third kappa shape index (κ3) is 3.72. The molecule has 0 aliphatic heterocycles. The summed E-state index contributed by atoms with van der Waals surface area (Å²) >= 11 is 17.9. The van der Waals surface area contributed by atoms with Crippen molar-refractivity contribution in [1.82, 2.24) is 19.6 Å². The summed E-state index contributed by atoms with van der Waals surface area (Å²) in [6.07, 6.45) is 4.81. The van der Waals surface area contributed by atoms with E-state index in [0.717, 1.165) is 5.56 Å². The summed E-state index contributed by atoms with van der Waals surface area (Å²) in [6.45, 7) is 0.497. The Bertz CT molecular complexity index is 902. The fourth-order valence-electron chi connectivity index (χ4n) is 2.14. The standard InChI is InChI=1S/C15H12Cl3N5O/c1-22-8-13(18)14(21-22)15(24)20-10-5-19-23(7-10)6-9-2-3-11(16)12(17)4-9/h2-5,7-8H,6H2,1H3,(H,20,24). The van der Waals surface area contributed by atoms with E-state index in [2.05, 4.69) is 15.5 Å². The van der Waals surface area contributed by atoms with E-state index in [0.29, 0.717) is 22.3 Å². The maximum Gasteiger partial charge on any atom is 0.277 e. The summed E-state index contributed by atoms with van der Waals surface area (Å²) in [7, 11) is 1.69. The summed E-state index contributed by atoms with van der Waals surface area (Å²) < 4.78 is 3.15. The topological polar surface area (TPSA) is 64.7 Å². The van der Waals surface area contributed by atoms with Gasteiger partial charge in [0.1, 0.15) is 0 Å². The lowest BCUT2D eigenvalue weighted by Gasteiger charge is -2.03. The summed E-state index contributed by atoms with van der Waals surface area (Å²) in [6, 6.07) is 5.37. The summed E-state index contributed by atoms with van der Waals surface area (Å²) in [5.41, 5.74) is 1.65. The van der Waals surface area contributed by atoms with Gasteiger partial charge in [0.25, 0.3) is 5.91 Å². The molecule has 0 aliphatic carbocycles. The highest BCUT2D eigenvalue weighted by Crippen LogP contribution is 2.23. The minimum atomic E-state index is -0.394. The van der Waals surface area contributed by atoms with E-state index in [9.17, 15) is 4.79 Å². The van der Waals surface area contributed by atoms with Crippen molar-refractivity contribution in [2.45, 2.75) is 6.54 Å². The van der Waals surface area contributed by atoms with Crippen molar-refractivity contribution in [2.24, 2.45) is 7.05 Å². The lowest BCUT2D eigenvalue weighted by atomic mass is 10.2. The van der Waals surface area contributed by atoms with E-state index in [1.54, 1.807) is 42.5 Å². The van der Waals surface area contributed by atoms with Crippen molar-refractivity contribution in [3.05, 3.63) is 63.1 Å². The molecule has 0 fully saturated rings. The lowest BCUT2D eigenvalue weighted by Crippen LogP contribution is -2.13. The van der Waals surface area contributed by atoms with Crippen LogP contribution in [0.1, 0.15) is 16.1 Å². The van der Waals surface area contributed by atoms with Crippen LogP contribution in [-0.2, 0) is 13.6 Å². The van der Waals surface area contributed by atoms with Gasteiger partial charge in [0.05, 0.1) is 33.5 Å². The molecule has 0 spiro atoms. The zero-order chi connectivity index (χ0) is 17.3. The minimum absolute atomic E-state index is 0.163. The summed E-state index contributed by atoms with van der Waals surface area (Å²) in [5.74, 6) is -0.394. The second-order valence-electron chi connectivity index (χ2n) is 5.13. The molecule has 9 heteroatoms. The average molecular weight is 385 g/mol. The predicted molar refractivity (Wildman–Crippen MR) is 94.0 cm³/mol. The molecular formula is C15H12Cl3N5O. The third-order valence-electron chi connectivity index (χ3n) is 3.22. The highest BCUT2D eigenvalue weighted by Gasteiger charge is 2.15. The molecule has 1 amide bonds. The lowest BCUT2D eigenvalue weighted by molar-refractivity contribution is 0.102. The van der Waals surface area contributed by atoms with Crippen molar-refractivity contribution in [1.29, 1.82) is 0 Å². The fraction of sp³-hybridized carbons (Fsp3) is 0.133. The van der Waals surface area contributed by atoms with Gasteiger partial charge in [-0.05, 0) is 17.7 Å². The Morgan fingerprint density at radius 3 is 2.62 bits per heavy atom. The van der Waals surface area contributed by atoms with Crippen LogP contribution in [-0.4, -0.2) is 25.5 Å². The first-order chi connectivity index (χ1) is 11.4. The van der Waals surface area contributed by atoms with Gasteiger partial charge in [-0.25, -0.2) is 0 Å². The zero-order valence-electron chi connectivity index (χ0n) is 12.5. The fourth-order valence-corrected chi connectivity index (χ4v) is 2.73. The van der Waals surface area contributed by atoms with Gasteiger partial charge in [0, 0.05) is 19.4 Å². The molecule has 1 N–H and O–H groups in total. The van der Waals surface area contributed by atoms with E-state index in [1.807, 2.05) is 6.07 Å². The van der Waals surface area contributed by atoms with E-state index in [4.69, 9.17) is 34.8 Å². The van der Waals surface area contributed by atoms with Gasteiger partial charge in [0.2, 0.25) is 0 Å². The van der Waals surface area contributed by atoms with Crippen LogP contribution in [0.5, 0.6) is 0 Å². The largest absolute Gasteiger partial charge is 0.318 e. The van der Waals surface area contributed by atoms with Crippen molar-refractivity contribution in [3.63, 3.8) is 0 Å². The molecule has 0 saturated carbocycles. The van der Waals surface area contributed by atoms with Crippen LogP contribution in [0.15, 0.2) is 36.8 Å². The second kappa shape index (κ2) is 6.84. The minimum Gasteiger partial charge on any atom is -0.318 e. The SMILES string of the molecule is Cn1cc(Cl)c(C(=O)Nc2cnn(Cc3ccc(Cl)c(Cl)c3)c2)n1. The number of carbonyl (C=O) groups is 1. The normalized spacial score (nSPS) is 10.8. The number of rotatable bonds is 4. The second-order valence-corrected chi connectivity index (χ2v) is 6.35. The molecule has 0 saturated heterocycles. The Hall–Kier alpha value is -2.02.